The van der Waals surface area contributed by atoms with Crippen molar-refractivity contribution in [3.8, 4) is 5.69 Å². The summed E-state index contributed by atoms with van der Waals surface area (Å²) in [7, 11) is 0. The third kappa shape index (κ3) is 3.21. The summed E-state index contributed by atoms with van der Waals surface area (Å²) in [5.41, 5.74) is 2.97. The lowest BCUT2D eigenvalue weighted by Crippen LogP contribution is -2.44. The Morgan fingerprint density at radius 1 is 1.31 bits per heavy atom. The number of aliphatic carboxylic acids is 1. The average molecular weight is 359 g/mol. The number of nitrogens with zero attached hydrogens (tertiary/aromatic N) is 2. The summed E-state index contributed by atoms with van der Waals surface area (Å²) in [6.07, 6.45) is 2.23. The largest absolute Gasteiger partial charge is 0.480 e. The summed E-state index contributed by atoms with van der Waals surface area (Å²) >= 11 is 0. The van der Waals surface area contributed by atoms with Crippen LogP contribution in [0.2, 0.25) is 0 Å². The van der Waals surface area contributed by atoms with Gasteiger partial charge in [0.25, 0.3) is 5.91 Å². The number of nitrogens with one attached hydrogen (secondary N) is 1. The van der Waals surface area contributed by atoms with Crippen LogP contribution in [0.3, 0.4) is 0 Å². The monoisotopic (exact) mass is 359 g/mol. The minimum Gasteiger partial charge on any atom is -0.480 e. The van der Waals surface area contributed by atoms with E-state index in [1.807, 2.05) is 6.92 Å². The molecule has 1 aromatic heterocycles. The number of rotatable bonds is 5. The third-order valence-corrected chi connectivity index (χ3v) is 4.69. The van der Waals surface area contributed by atoms with Gasteiger partial charge in [0.2, 0.25) is 0 Å². The van der Waals surface area contributed by atoms with Crippen molar-refractivity contribution < 1.29 is 19.1 Å². The molecule has 0 spiro atoms. The molecule has 0 bridgehead atoms. The lowest BCUT2D eigenvalue weighted by atomic mass is 10.0. The second-order valence-corrected chi connectivity index (χ2v) is 7.03. The number of aromatic nitrogens is 2. The Bertz CT molecular complexity index is 873. The van der Waals surface area contributed by atoms with Gasteiger partial charge < -0.3 is 10.4 Å². The number of carbonyl (C=O) groups excluding carboxylic acids is 1. The maximum atomic E-state index is 14.3. The summed E-state index contributed by atoms with van der Waals surface area (Å²) in [5, 5.41) is 16.2. The number of halogens is 1. The van der Waals surface area contributed by atoms with E-state index in [9.17, 15) is 19.1 Å². The summed E-state index contributed by atoms with van der Waals surface area (Å²) in [5.74, 6) is -2.30. The van der Waals surface area contributed by atoms with Gasteiger partial charge in [-0.3, -0.25) is 4.79 Å². The molecule has 1 atom stereocenters. The maximum absolute atomic E-state index is 14.3. The van der Waals surface area contributed by atoms with Crippen LogP contribution < -0.4 is 5.32 Å². The first-order chi connectivity index (χ1) is 12.3. The van der Waals surface area contributed by atoms with Crippen LogP contribution in [0.15, 0.2) is 18.2 Å². The highest BCUT2D eigenvalue weighted by Crippen LogP contribution is 2.29. The molecule has 0 aliphatic heterocycles. The lowest BCUT2D eigenvalue weighted by molar-refractivity contribution is -0.140. The van der Waals surface area contributed by atoms with E-state index in [0.717, 1.165) is 23.2 Å². The molecule has 138 valence electrons. The Balaban J connectivity index is 2.01. The van der Waals surface area contributed by atoms with E-state index in [-0.39, 0.29) is 11.6 Å². The fourth-order valence-electron chi connectivity index (χ4n) is 3.33. The second kappa shape index (κ2) is 6.90. The molecular weight excluding hydrogens is 337 g/mol. The highest BCUT2D eigenvalue weighted by molar-refractivity contribution is 5.96. The fourth-order valence-corrected chi connectivity index (χ4v) is 3.33. The second-order valence-electron chi connectivity index (χ2n) is 7.03. The minimum atomic E-state index is -1.09. The number of aryl methyl sites for hydroxylation is 1. The van der Waals surface area contributed by atoms with Crippen molar-refractivity contribution in [1.29, 1.82) is 0 Å². The van der Waals surface area contributed by atoms with Crippen LogP contribution >= 0.6 is 0 Å². The molecule has 1 aromatic carbocycles. The zero-order valence-corrected chi connectivity index (χ0v) is 15.0. The molecule has 1 aliphatic carbocycles. The number of carbonyl (C=O) groups is 2. The Labute approximate surface area is 151 Å². The van der Waals surface area contributed by atoms with Gasteiger partial charge in [0, 0.05) is 11.3 Å². The molecule has 0 saturated carbocycles. The molecule has 0 radical (unpaired) electrons. The van der Waals surface area contributed by atoms with Gasteiger partial charge in [-0.25, -0.2) is 13.9 Å². The Kier molecular flexibility index (Phi) is 4.80. The zero-order chi connectivity index (χ0) is 19.0. The number of hydrogen-bond acceptors (Lipinski definition) is 3. The molecule has 2 aromatic rings. The molecule has 0 fully saturated rings. The van der Waals surface area contributed by atoms with Crippen LogP contribution in [0.25, 0.3) is 5.69 Å². The molecule has 6 nitrogen and oxygen atoms in total. The Morgan fingerprint density at radius 3 is 2.69 bits per heavy atom. The van der Waals surface area contributed by atoms with Crippen molar-refractivity contribution in [2.24, 2.45) is 5.92 Å². The minimum absolute atomic E-state index is 0.185. The van der Waals surface area contributed by atoms with E-state index in [0.29, 0.717) is 18.5 Å². The van der Waals surface area contributed by atoms with E-state index in [2.05, 4.69) is 10.4 Å². The zero-order valence-electron chi connectivity index (χ0n) is 15.0. The predicted octanol–water partition coefficient (Wildman–Crippen LogP) is 2.65. The number of hydrogen-bond donors (Lipinski definition) is 2. The molecular formula is C19H22FN3O3. The number of benzene rings is 1. The van der Waals surface area contributed by atoms with E-state index in [4.69, 9.17) is 0 Å². The van der Waals surface area contributed by atoms with Gasteiger partial charge in [-0.1, -0.05) is 19.9 Å². The van der Waals surface area contributed by atoms with Crippen molar-refractivity contribution in [2.75, 3.05) is 0 Å². The summed E-state index contributed by atoms with van der Waals surface area (Å²) in [6, 6.07) is 3.75. The normalized spacial score (nSPS) is 14.3. The van der Waals surface area contributed by atoms with Crippen molar-refractivity contribution in [3.63, 3.8) is 0 Å². The van der Waals surface area contributed by atoms with Crippen molar-refractivity contribution in [2.45, 2.75) is 46.1 Å². The summed E-state index contributed by atoms with van der Waals surface area (Å²) in [6.45, 7) is 5.31. The quantitative estimate of drug-likeness (QED) is 0.860. The van der Waals surface area contributed by atoms with Crippen LogP contribution in [-0.2, 0) is 17.6 Å². The molecule has 1 aliphatic rings. The summed E-state index contributed by atoms with van der Waals surface area (Å²) < 4.78 is 15.8. The van der Waals surface area contributed by atoms with Gasteiger partial charge in [0.05, 0.1) is 0 Å². The topological polar surface area (TPSA) is 84.2 Å². The molecule has 2 N–H and O–H groups in total. The smallest absolute Gasteiger partial charge is 0.326 e. The predicted molar refractivity (Wildman–Crippen MR) is 94.0 cm³/mol. The molecule has 0 saturated heterocycles. The van der Waals surface area contributed by atoms with Gasteiger partial charge in [0.1, 0.15) is 17.5 Å². The number of amides is 1. The van der Waals surface area contributed by atoms with Crippen LogP contribution in [-0.4, -0.2) is 32.8 Å². The first-order valence-corrected chi connectivity index (χ1v) is 8.70. The molecule has 1 heterocycles. The SMILES string of the molecule is Cc1ccc(F)c(-n2nc(C(=O)N[C@H](C(=O)O)C(C)C)c3c2CCC3)c1. The first kappa shape index (κ1) is 18.1. The van der Waals surface area contributed by atoms with E-state index in [1.165, 1.54) is 10.7 Å². The maximum Gasteiger partial charge on any atom is 0.326 e. The van der Waals surface area contributed by atoms with E-state index < -0.39 is 23.7 Å². The Hall–Kier alpha value is -2.70. The Morgan fingerprint density at radius 2 is 2.04 bits per heavy atom. The molecule has 3 rings (SSSR count). The summed E-state index contributed by atoms with van der Waals surface area (Å²) in [4.78, 5) is 24.0. The van der Waals surface area contributed by atoms with Crippen molar-refractivity contribution in [1.82, 2.24) is 15.1 Å². The number of carboxylic acid groups (broad SMARTS) is 1. The number of carboxylic acids is 1. The van der Waals surface area contributed by atoms with Crippen LogP contribution in [0, 0.1) is 18.7 Å². The van der Waals surface area contributed by atoms with Gasteiger partial charge in [-0.15, -0.1) is 0 Å². The van der Waals surface area contributed by atoms with Crippen molar-refractivity contribution >= 4 is 11.9 Å². The average Bonchev–Trinajstić information content (AvgIpc) is 3.16. The van der Waals surface area contributed by atoms with Crippen LogP contribution in [0.4, 0.5) is 4.39 Å². The van der Waals surface area contributed by atoms with Gasteiger partial charge in [0.15, 0.2) is 5.69 Å². The van der Waals surface area contributed by atoms with E-state index in [1.54, 1.807) is 26.0 Å². The van der Waals surface area contributed by atoms with Crippen LogP contribution in [0.5, 0.6) is 0 Å². The highest BCUT2D eigenvalue weighted by atomic mass is 19.1. The standard InChI is InChI=1S/C19H22FN3O3/c1-10(2)16(19(25)26)21-18(24)17-12-5-4-6-14(12)23(22-17)15-9-11(3)7-8-13(15)20/h7-10,16H,4-6H2,1-3H3,(H,21,24)(H,25,26)/t16-/m0/s1. The number of fused-ring (bicyclic) bond motifs is 1. The molecule has 0 unspecified atom stereocenters. The van der Waals surface area contributed by atoms with Crippen LogP contribution in [0.1, 0.15) is 47.6 Å². The lowest BCUT2D eigenvalue weighted by Gasteiger charge is -2.17. The molecule has 7 heteroatoms. The third-order valence-electron chi connectivity index (χ3n) is 4.69. The van der Waals surface area contributed by atoms with Gasteiger partial charge in [-0.2, -0.15) is 5.10 Å². The highest BCUT2D eigenvalue weighted by Gasteiger charge is 2.31. The fraction of sp³-hybridized carbons (Fsp3) is 0.421. The van der Waals surface area contributed by atoms with Gasteiger partial charge in [-0.05, 0) is 49.8 Å². The molecule has 1 amide bonds. The van der Waals surface area contributed by atoms with E-state index >= 15 is 0 Å². The van der Waals surface area contributed by atoms with Gasteiger partial charge >= 0.3 is 5.97 Å². The van der Waals surface area contributed by atoms with Crippen molar-refractivity contribution in [3.05, 3.63) is 46.5 Å². The molecule has 26 heavy (non-hydrogen) atoms. The first-order valence-electron chi connectivity index (χ1n) is 8.70.